The first-order valence-corrected chi connectivity index (χ1v) is 5.03. The first kappa shape index (κ1) is 9.99. The molecule has 0 saturated carbocycles. The Morgan fingerprint density at radius 2 is 2.07 bits per heavy atom. The van der Waals surface area contributed by atoms with Gasteiger partial charge in [0.1, 0.15) is 0 Å². The van der Waals surface area contributed by atoms with Crippen LogP contribution in [0, 0.1) is 0 Å². The van der Waals surface area contributed by atoms with Crippen molar-refractivity contribution in [2.75, 3.05) is 0 Å². The highest BCUT2D eigenvalue weighted by molar-refractivity contribution is 5.81. The number of rotatable bonds is 2. The van der Waals surface area contributed by atoms with Crippen molar-refractivity contribution in [2.24, 2.45) is 0 Å². The van der Waals surface area contributed by atoms with Gasteiger partial charge in [-0.25, -0.2) is 0 Å². The number of fused-ring (bicyclic) bond motifs is 1. The van der Waals surface area contributed by atoms with Crippen LogP contribution >= 0.6 is 0 Å². The number of hydrogen-bond acceptors (Lipinski definition) is 1. The minimum Gasteiger partial charge on any atom is -0.386 e. The zero-order chi connectivity index (χ0) is 10.9. The predicted molar refractivity (Wildman–Crippen MR) is 63.6 cm³/mol. The Balaban J connectivity index is 2.33. The number of aromatic nitrogens is 1. The molecule has 0 atom stereocenters. The van der Waals surface area contributed by atoms with E-state index in [-0.39, 0.29) is 0 Å². The minimum absolute atomic E-state index is 0.757. The molecule has 0 radical (unpaired) electrons. The van der Waals surface area contributed by atoms with Crippen LogP contribution in [0.4, 0.5) is 0 Å². The fraction of sp³-hybridized carbons (Fsp3) is 0.231. The summed E-state index contributed by atoms with van der Waals surface area (Å²) < 4.78 is 0. The van der Waals surface area contributed by atoms with Crippen molar-refractivity contribution >= 4 is 17.0 Å². The van der Waals surface area contributed by atoms with E-state index in [1.807, 2.05) is 30.5 Å². The van der Waals surface area contributed by atoms with Gasteiger partial charge in [-0.05, 0) is 43.0 Å². The summed E-state index contributed by atoms with van der Waals surface area (Å²) in [5, 5.41) is 10.7. The average Bonchev–Trinajstić information content (AvgIpc) is 2.60. The Bertz CT molecular complexity index is 488. The molecular weight excluding hydrogens is 186 g/mol. The lowest BCUT2D eigenvalue weighted by molar-refractivity contribution is 0.134. The Morgan fingerprint density at radius 1 is 1.27 bits per heavy atom. The maximum atomic E-state index is 9.56. The van der Waals surface area contributed by atoms with Crippen LogP contribution in [0.3, 0.4) is 0 Å². The van der Waals surface area contributed by atoms with Gasteiger partial charge >= 0.3 is 0 Å². The zero-order valence-corrected chi connectivity index (χ0v) is 8.99. The van der Waals surface area contributed by atoms with Crippen LogP contribution in [0.15, 0.2) is 36.5 Å². The number of nitrogens with one attached hydrogen (secondary N) is 1. The maximum absolute atomic E-state index is 9.56. The van der Waals surface area contributed by atoms with Crippen LogP contribution in [0.5, 0.6) is 0 Å². The minimum atomic E-state index is -0.757. The third-order valence-electron chi connectivity index (χ3n) is 2.26. The third kappa shape index (κ3) is 2.48. The molecule has 0 bridgehead atoms. The second-order valence-corrected chi connectivity index (χ2v) is 4.31. The zero-order valence-electron chi connectivity index (χ0n) is 8.99. The van der Waals surface area contributed by atoms with Crippen LogP contribution in [0.25, 0.3) is 17.0 Å². The Kier molecular flexibility index (Phi) is 2.37. The fourth-order valence-electron chi connectivity index (χ4n) is 1.48. The number of aliphatic hydroxyl groups is 1. The fourth-order valence-corrected chi connectivity index (χ4v) is 1.48. The molecule has 1 aromatic heterocycles. The highest BCUT2D eigenvalue weighted by atomic mass is 16.3. The second-order valence-electron chi connectivity index (χ2n) is 4.31. The summed E-state index contributed by atoms with van der Waals surface area (Å²) in [5.74, 6) is 0. The van der Waals surface area contributed by atoms with Crippen LogP contribution < -0.4 is 0 Å². The average molecular weight is 201 g/mol. The lowest BCUT2D eigenvalue weighted by atomic mass is 10.1. The van der Waals surface area contributed by atoms with E-state index in [9.17, 15) is 5.11 Å². The second kappa shape index (κ2) is 3.55. The van der Waals surface area contributed by atoms with Crippen molar-refractivity contribution in [3.63, 3.8) is 0 Å². The van der Waals surface area contributed by atoms with Gasteiger partial charge in [0.25, 0.3) is 0 Å². The topological polar surface area (TPSA) is 36.0 Å². The standard InChI is InChI=1S/C13H15NO/c1-13(2,15)7-5-10-3-4-12-11(9-10)6-8-14-12/h3-9,14-15H,1-2H3. The monoisotopic (exact) mass is 201 g/mol. The van der Waals surface area contributed by atoms with E-state index in [0.717, 1.165) is 11.1 Å². The van der Waals surface area contributed by atoms with Crippen LogP contribution in [0.2, 0.25) is 0 Å². The van der Waals surface area contributed by atoms with Gasteiger partial charge in [-0.2, -0.15) is 0 Å². The van der Waals surface area contributed by atoms with Gasteiger partial charge in [0.05, 0.1) is 5.60 Å². The number of aromatic amines is 1. The summed E-state index contributed by atoms with van der Waals surface area (Å²) in [6.45, 7) is 3.52. The predicted octanol–water partition coefficient (Wildman–Crippen LogP) is 2.95. The summed E-state index contributed by atoms with van der Waals surface area (Å²) in [6.07, 6.45) is 5.65. The lowest BCUT2D eigenvalue weighted by Gasteiger charge is -2.09. The molecule has 0 aliphatic rings. The van der Waals surface area contributed by atoms with Crippen LogP contribution in [-0.4, -0.2) is 15.7 Å². The van der Waals surface area contributed by atoms with Crippen molar-refractivity contribution in [3.05, 3.63) is 42.1 Å². The van der Waals surface area contributed by atoms with Crippen LogP contribution in [0.1, 0.15) is 19.4 Å². The molecule has 78 valence electrons. The number of hydrogen-bond donors (Lipinski definition) is 2. The molecule has 15 heavy (non-hydrogen) atoms. The third-order valence-corrected chi connectivity index (χ3v) is 2.26. The molecule has 2 nitrogen and oxygen atoms in total. The SMILES string of the molecule is CC(C)(O)C=Cc1ccc2[nH]ccc2c1. The van der Waals surface area contributed by atoms with Gasteiger partial charge < -0.3 is 10.1 Å². The lowest BCUT2D eigenvalue weighted by Crippen LogP contribution is -2.13. The van der Waals surface area contributed by atoms with Gasteiger partial charge in [0.2, 0.25) is 0 Å². The summed E-state index contributed by atoms with van der Waals surface area (Å²) in [4.78, 5) is 3.15. The molecule has 2 N–H and O–H groups in total. The van der Waals surface area contributed by atoms with Crippen molar-refractivity contribution in [1.82, 2.24) is 4.98 Å². The summed E-state index contributed by atoms with van der Waals surface area (Å²) in [6, 6.07) is 8.20. The molecule has 0 spiro atoms. The van der Waals surface area contributed by atoms with E-state index in [1.165, 1.54) is 5.39 Å². The highest BCUT2D eigenvalue weighted by Crippen LogP contribution is 2.16. The highest BCUT2D eigenvalue weighted by Gasteiger charge is 2.05. The van der Waals surface area contributed by atoms with Gasteiger partial charge in [0, 0.05) is 11.7 Å². The molecule has 2 heteroatoms. The largest absolute Gasteiger partial charge is 0.386 e. The van der Waals surface area contributed by atoms with Gasteiger partial charge in [0.15, 0.2) is 0 Å². The van der Waals surface area contributed by atoms with Crippen molar-refractivity contribution in [2.45, 2.75) is 19.4 Å². The van der Waals surface area contributed by atoms with E-state index in [1.54, 1.807) is 19.9 Å². The van der Waals surface area contributed by atoms with E-state index in [0.29, 0.717) is 0 Å². The molecule has 0 unspecified atom stereocenters. The van der Waals surface area contributed by atoms with Crippen LogP contribution in [-0.2, 0) is 0 Å². The maximum Gasteiger partial charge on any atom is 0.0774 e. The Morgan fingerprint density at radius 3 is 2.80 bits per heavy atom. The summed E-state index contributed by atoms with van der Waals surface area (Å²) in [7, 11) is 0. The molecule has 0 aliphatic heterocycles. The molecule has 2 aromatic rings. The summed E-state index contributed by atoms with van der Waals surface area (Å²) >= 11 is 0. The molecular formula is C13H15NO. The van der Waals surface area contributed by atoms with Crippen molar-refractivity contribution in [1.29, 1.82) is 0 Å². The van der Waals surface area contributed by atoms with Crippen molar-refractivity contribution in [3.8, 4) is 0 Å². The first-order valence-electron chi connectivity index (χ1n) is 5.03. The smallest absolute Gasteiger partial charge is 0.0774 e. The molecule has 2 rings (SSSR count). The van der Waals surface area contributed by atoms with E-state index in [4.69, 9.17) is 0 Å². The van der Waals surface area contributed by atoms with E-state index < -0.39 is 5.60 Å². The molecule has 1 aromatic carbocycles. The molecule has 0 aliphatic carbocycles. The summed E-state index contributed by atoms with van der Waals surface area (Å²) in [5.41, 5.74) is 1.48. The molecule has 1 heterocycles. The van der Waals surface area contributed by atoms with Crippen molar-refractivity contribution < 1.29 is 5.11 Å². The molecule has 0 amide bonds. The Hall–Kier alpha value is -1.54. The Labute approximate surface area is 89.3 Å². The molecule has 0 fully saturated rings. The molecule has 0 saturated heterocycles. The number of H-pyrrole nitrogens is 1. The normalized spacial score (nSPS) is 12.7. The van der Waals surface area contributed by atoms with Gasteiger partial charge in [-0.3, -0.25) is 0 Å². The van der Waals surface area contributed by atoms with E-state index in [2.05, 4.69) is 11.1 Å². The quantitative estimate of drug-likeness (QED) is 0.770. The van der Waals surface area contributed by atoms with Gasteiger partial charge in [-0.15, -0.1) is 0 Å². The first-order chi connectivity index (χ1) is 7.04. The van der Waals surface area contributed by atoms with Gasteiger partial charge in [-0.1, -0.05) is 18.2 Å². The number of benzene rings is 1. The van der Waals surface area contributed by atoms with E-state index >= 15 is 0 Å².